The number of fused-ring (bicyclic) bond motifs is 1. The fraction of sp³-hybridized carbons (Fsp3) is 0.316. The summed E-state index contributed by atoms with van der Waals surface area (Å²) in [6, 6.07) is 9.00. The van der Waals surface area contributed by atoms with Gasteiger partial charge >= 0.3 is 6.03 Å². The molecule has 138 valence electrons. The molecule has 2 amide bonds. The lowest BCUT2D eigenvalue weighted by Gasteiger charge is -2.19. The van der Waals surface area contributed by atoms with E-state index in [0.717, 1.165) is 47.8 Å². The fourth-order valence-corrected chi connectivity index (χ4v) is 3.88. The largest absolute Gasteiger partial charge is 0.497 e. The van der Waals surface area contributed by atoms with Crippen molar-refractivity contribution in [1.82, 2.24) is 4.72 Å². The van der Waals surface area contributed by atoms with Crippen molar-refractivity contribution in [1.29, 1.82) is 0 Å². The molecule has 0 spiro atoms. The summed E-state index contributed by atoms with van der Waals surface area (Å²) in [6.45, 7) is 1.99. The number of ether oxygens (including phenoxy) is 1. The molecule has 0 bridgehead atoms. The minimum absolute atomic E-state index is 0.673. The summed E-state index contributed by atoms with van der Waals surface area (Å²) in [5.74, 6) is 0.717. The molecule has 1 aliphatic rings. The van der Waals surface area contributed by atoms with E-state index in [9.17, 15) is 13.2 Å². The highest BCUT2D eigenvalue weighted by Crippen LogP contribution is 2.40. The fourth-order valence-electron chi connectivity index (χ4n) is 3.49. The van der Waals surface area contributed by atoms with Crippen molar-refractivity contribution in [2.24, 2.45) is 0 Å². The Labute approximate surface area is 153 Å². The average Bonchev–Trinajstić information content (AvgIpc) is 3.01. The first-order valence-corrected chi connectivity index (χ1v) is 10.3. The third-order valence-electron chi connectivity index (χ3n) is 4.47. The number of amides is 2. The summed E-state index contributed by atoms with van der Waals surface area (Å²) in [4.78, 5) is 12.2. The first-order valence-electron chi connectivity index (χ1n) is 8.37. The van der Waals surface area contributed by atoms with Gasteiger partial charge in [-0.25, -0.2) is 17.9 Å². The Hall–Kier alpha value is -2.54. The molecule has 1 aliphatic carbocycles. The number of hydrogen-bond donors (Lipinski definition) is 2. The van der Waals surface area contributed by atoms with Gasteiger partial charge in [-0.15, -0.1) is 0 Å². The smallest absolute Gasteiger partial charge is 0.332 e. The van der Waals surface area contributed by atoms with Gasteiger partial charge in [-0.2, -0.15) is 0 Å². The second kappa shape index (κ2) is 6.99. The zero-order valence-electron chi connectivity index (χ0n) is 15.0. The maximum absolute atomic E-state index is 12.2. The molecule has 0 aromatic heterocycles. The van der Waals surface area contributed by atoms with Crippen molar-refractivity contribution < 1.29 is 17.9 Å². The zero-order valence-corrected chi connectivity index (χ0v) is 15.9. The van der Waals surface area contributed by atoms with Crippen LogP contribution in [0.4, 0.5) is 10.5 Å². The summed E-state index contributed by atoms with van der Waals surface area (Å²) in [5, 5.41) is 2.77. The second-order valence-electron chi connectivity index (χ2n) is 6.50. The van der Waals surface area contributed by atoms with Crippen LogP contribution in [0.15, 0.2) is 30.3 Å². The number of urea groups is 1. The Kier molecular flexibility index (Phi) is 4.91. The summed E-state index contributed by atoms with van der Waals surface area (Å²) >= 11 is 0. The standard InChI is InChI=1S/C19H22N2O4S/c1-12-10-13-6-5-9-16(13)18(20-19(22)21-26(3,23)24)17(12)14-7-4-8-15(11-14)25-2/h4,7-8,10-11H,5-6,9H2,1-3H3,(H2,20,21,22). The van der Waals surface area contributed by atoms with Gasteiger partial charge < -0.3 is 10.1 Å². The minimum atomic E-state index is -3.64. The minimum Gasteiger partial charge on any atom is -0.497 e. The van der Waals surface area contributed by atoms with Gasteiger partial charge in [0.15, 0.2) is 0 Å². The molecule has 6 nitrogen and oxygen atoms in total. The van der Waals surface area contributed by atoms with Crippen molar-refractivity contribution in [3.8, 4) is 16.9 Å². The van der Waals surface area contributed by atoms with E-state index in [1.165, 1.54) is 5.56 Å². The van der Waals surface area contributed by atoms with Gasteiger partial charge in [0.25, 0.3) is 0 Å². The Morgan fingerprint density at radius 1 is 1.19 bits per heavy atom. The van der Waals surface area contributed by atoms with E-state index in [-0.39, 0.29) is 0 Å². The van der Waals surface area contributed by atoms with Crippen molar-refractivity contribution in [3.63, 3.8) is 0 Å². The number of hydrogen-bond acceptors (Lipinski definition) is 4. The topological polar surface area (TPSA) is 84.5 Å². The molecule has 0 fully saturated rings. The van der Waals surface area contributed by atoms with Crippen LogP contribution in [-0.4, -0.2) is 27.8 Å². The number of sulfonamides is 1. The maximum atomic E-state index is 12.2. The predicted molar refractivity (Wildman–Crippen MR) is 102 cm³/mol. The summed E-state index contributed by atoms with van der Waals surface area (Å²) in [7, 11) is -2.03. The number of anilines is 1. The second-order valence-corrected chi connectivity index (χ2v) is 8.24. The van der Waals surface area contributed by atoms with E-state index in [1.807, 2.05) is 35.9 Å². The van der Waals surface area contributed by atoms with Crippen molar-refractivity contribution in [2.75, 3.05) is 18.7 Å². The third-order valence-corrected chi connectivity index (χ3v) is 5.03. The van der Waals surface area contributed by atoms with Gasteiger partial charge in [-0.05, 0) is 60.6 Å². The lowest BCUT2D eigenvalue weighted by molar-refractivity contribution is 0.256. The van der Waals surface area contributed by atoms with Crippen LogP contribution in [0.5, 0.6) is 5.75 Å². The molecule has 7 heteroatoms. The molecule has 2 aromatic rings. The first kappa shape index (κ1) is 18.3. The van der Waals surface area contributed by atoms with Crippen LogP contribution < -0.4 is 14.8 Å². The molecule has 26 heavy (non-hydrogen) atoms. The number of rotatable bonds is 4. The van der Waals surface area contributed by atoms with Gasteiger partial charge in [0.2, 0.25) is 10.0 Å². The number of benzene rings is 2. The quantitative estimate of drug-likeness (QED) is 0.860. The Morgan fingerprint density at radius 3 is 2.65 bits per heavy atom. The van der Waals surface area contributed by atoms with Gasteiger partial charge in [0.05, 0.1) is 19.1 Å². The molecule has 0 saturated heterocycles. The highest BCUT2D eigenvalue weighted by Gasteiger charge is 2.23. The molecule has 3 rings (SSSR count). The SMILES string of the molecule is COc1cccc(-c2c(C)cc3c(c2NC(=O)NS(C)(=O)=O)CCC3)c1. The lowest BCUT2D eigenvalue weighted by Crippen LogP contribution is -2.34. The van der Waals surface area contributed by atoms with Gasteiger partial charge in [-0.1, -0.05) is 18.2 Å². The van der Waals surface area contributed by atoms with Crippen molar-refractivity contribution >= 4 is 21.7 Å². The van der Waals surface area contributed by atoms with Gasteiger partial charge in [0, 0.05) is 5.56 Å². The van der Waals surface area contributed by atoms with Crippen LogP contribution in [0.3, 0.4) is 0 Å². The Balaban J connectivity index is 2.13. The normalized spacial score (nSPS) is 13.2. The van der Waals surface area contributed by atoms with E-state index in [2.05, 4.69) is 11.4 Å². The zero-order chi connectivity index (χ0) is 18.9. The Bertz CT molecular complexity index is 968. The Morgan fingerprint density at radius 2 is 1.96 bits per heavy atom. The van der Waals surface area contributed by atoms with E-state index in [1.54, 1.807) is 7.11 Å². The van der Waals surface area contributed by atoms with Gasteiger partial charge in [0.1, 0.15) is 5.75 Å². The van der Waals surface area contributed by atoms with Crippen LogP contribution in [0.1, 0.15) is 23.1 Å². The first-order chi connectivity index (χ1) is 12.3. The molecule has 2 aromatic carbocycles. The molecule has 0 aliphatic heterocycles. The molecule has 0 radical (unpaired) electrons. The van der Waals surface area contributed by atoms with Crippen LogP contribution in [0.2, 0.25) is 0 Å². The molecule has 0 saturated carbocycles. The summed E-state index contributed by atoms with van der Waals surface area (Å²) in [6.07, 6.45) is 3.77. The van der Waals surface area contributed by atoms with Crippen LogP contribution in [0, 0.1) is 6.92 Å². The summed E-state index contributed by atoms with van der Waals surface area (Å²) < 4.78 is 30.1. The number of methoxy groups -OCH3 is 1. The van der Waals surface area contributed by atoms with Crippen LogP contribution in [-0.2, 0) is 22.9 Å². The van der Waals surface area contributed by atoms with Crippen molar-refractivity contribution in [3.05, 3.63) is 47.0 Å². The molecule has 0 unspecified atom stereocenters. The van der Waals surface area contributed by atoms with E-state index in [0.29, 0.717) is 11.4 Å². The van der Waals surface area contributed by atoms with E-state index < -0.39 is 16.1 Å². The number of aryl methyl sites for hydroxylation is 2. The summed E-state index contributed by atoms with van der Waals surface area (Å²) in [5.41, 5.74) is 5.75. The highest BCUT2D eigenvalue weighted by atomic mass is 32.2. The van der Waals surface area contributed by atoms with E-state index >= 15 is 0 Å². The molecular weight excluding hydrogens is 352 g/mol. The van der Waals surface area contributed by atoms with Crippen LogP contribution >= 0.6 is 0 Å². The van der Waals surface area contributed by atoms with Gasteiger partial charge in [-0.3, -0.25) is 0 Å². The number of carbonyl (C=O) groups is 1. The third kappa shape index (κ3) is 3.83. The van der Waals surface area contributed by atoms with E-state index in [4.69, 9.17) is 4.74 Å². The molecule has 0 atom stereocenters. The maximum Gasteiger partial charge on any atom is 0.332 e. The monoisotopic (exact) mass is 374 g/mol. The predicted octanol–water partition coefficient (Wildman–Crippen LogP) is 3.24. The molecule has 2 N–H and O–H groups in total. The molecule has 0 heterocycles. The molecular formula is C19H22N2O4S. The highest BCUT2D eigenvalue weighted by molar-refractivity contribution is 7.89. The lowest BCUT2D eigenvalue weighted by atomic mass is 9.92. The number of carbonyl (C=O) groups excluding carboxylic acids is 1. The average molecular weight is 374 g/mol. The van der Waals surface area contributed by atoms with Crippen molar-refractivity contribution in [2.45, 2.75) is 26.2 Å². The van der Waals surface area contributed by atoms with Crippen LogP contribution in [0.25, 0.3) is 11.1 Å². The number of nitrogens with one attached hydrogen (secondary N) is 2.